The summed E-state index contributed by atoms with van der Waals surface area (Å²) in [5.41, 5.74) is 11.0. The maximum absolute atomic E-state index is 14.2. The number of methoxy groups -OCH3 is 1. The van der Waals surface area contributed by atoms with Gasteiger partial charge in [0.15, 0.2) is 0 Å². The lowest BCUT2D eigenvalue weighted by Gasteiger charge is -2.36. The number of thiazole rings is 1. The number of likely N-dealkylation sites (N-methyl/N-ethyl adjacent to an activating group) is 1. The average molecular weight is 893 g/mol. The Hall–Kier alpha value is -5.02. The zero-order valence-corrected chi connectivity index (χ0v) is 40.0. The average Bonchev–Trinajstić information content (AvgIpc) is 4.03. The zero-order chi connectivity index (χ0) is 46.3. The second-order valence-electron chi connectivity index (χ2n) is 18.7. The first kappa shape index (κ1) is 48.4. The molecular weight excluding hydrogens is 825 g/mol. The van der Waals surface area contributed by atoms with Crippen LogP contribution in [0.1, 0.15) is 89.6 Å². The lowest BCUT2D eigenvalue weighted by atomic mass is 9.80. The summed E-state index contributed by atoms with van der Waals surface area (Å²) in [5.74, 6) is -0.237. The second-order valence-corrected chi connectivity index (χ2v) is 19.6. The number of nitrogens with one attached hydrogen (secondary N) is 2. The van der Waals surface area contributed by atoms with Crippen molar-refractivity contribution in [3.63, 3.8) is 0 Å². The SMILES string of the molecule is C=CC(=O)N1CCC(C=O)C1.CCn1c(-c2cccnc2C(C)OC)c2c3cc(ccc31)-c1csc(n1)CC(NC(=O)C(C(C)C)N(C)C)C(=O)N1CCC[C@@H](/C=C/CC(C)(C)C2)N1. The summed E-state index contributed by atoms with van der Waals surface area (Å²) >= 11 is 1.53. The van der Waals surface area contributed by atoms with Gasteiger partial charge in [-0.05, 0) is 107 Å². The van der Waals surface area contributed by atoms with Crippen LogP contribution in [0.2, 0.25) is 0 Å². The van der Waals surface area contributed by atoms with Gasteiger partial charge in [0.05, 0.1) is 34.2 Å². The molecule has 6 bridgehead atoms. The molecule has 2 fully saturated rings. The van der Waals surface area contributed by atoms with Gasteiger partial charge in [0, 0.05) is 85.3 Å². The summed E-state index contributed by atoms with van der Waals surface area (Å²) in [6.45, 7) is 19.0. The van der Waals surface area contributed by atoms with Crippen LogP contribution in [0.4, 0.5) is 0 Å². The molecule has 4 aromatic rings. The monoisotopic (exact) mass is 893 g/mol. The number of hydrazine groups is 1. The number of rotatable bonds is 10. The van der Waals surface area contributed by atoms with Crippen molar-refractivity contribution in [3.05, 3.63) is 83.0 Å². The van der Waals surface area contributed by atoms with Crippen molar-refractivity contribution >= 4 is 46.2 Å². The summed E-state index contributed by atoms with van der Waals surface area (Å²) in [5, 5.41) is 8.96. The standard InChI is InChI=1S/C42H57N7O3S.C8H11NO2/c1-10-48-35-18-17-28-22-31(35)32(39(48)30-16-12-20-43-37(30)27(4)52-9)24-42(5,6)19-11-14-29-15-13-21-49(46-29)41(51)33(23-36-44-34(28)25-53-36)45-40(50)38(26(2)3)47(7)8;1-2-8(11)9-4-3-7(5-9)6-10/h11-12,14,16-18,20,22,25-27,29,33,38,46H,10,13,15,19,21,23-24H2,1-9H3,(H,45,50);2,6-7H,1,3-5H2/b14-11+;/t27?,29-,33?,38?;/m1./s1. The predicted octanol–water partition coefficient (Wildman–Crippen LogP) is 7.41. The Balaban J connectivity index is 0.000000540. The number of aromatic nitrogens is 3. The highest BCUT2D eigenvalue weighted by atomic mass is 32.1. The number of hydrogen-bond acceptors (Lipinski definition) is 10. The maximum Gasteiger partial charge on any atom is 0.259 e. The normalized spacial score (nSPS) is 21.5. The van der Waals surface area contributed by atoms with Crippen molar-refractivity contribution in [1.29, 1.82) is 0 Å². The Morgan fingerprint density at radius 2 is 1.94 bits per heavy atom. The van der Waals surface area contributed by atoms with Crippen LogP contribution >= 0.6 is 11.3 Å². The van der Waals surface area contributed by atoms with Crippen LogP contribution in [-0.2, 0) is 43.3 Å². The number of allylic oxidation sites excluding steroid dienone is 1. The number of aldehydes is 1. The molecule has 7 rings (SSSR count). The fourth-order valence-corrected chi connectivity index (χ4v) is 10.2. The molecule has 13 nitrogen and oxygen atoms in total. The highest BCUT2D eigenvalue weighted by Gasteiger charge is 2.34. The quantitative estimate of drug-likeness (QED) is 0.0946. The molecule has 3 aliphatic rings. The predicted molar refractivity (Wildman–Crippen MR) is 255 cm³/mol. The number of hydrogen-bond donors (Lipinski definition) is 2. The van der Waals surface area contributed by atoms with E-state index < -0.39 is 6.04 Å². The lowest BCUT2D eigenvalue weighted by Crippen LogP contribution is -2.60. The maximum atomic E-state index is 14.2. The molecule has 2 saturated heterocycles. The molecule has 1 aromatic carbocycles. The van der Waals surface area contributed by atoms with Crippen LogP contribution < -0.4 is 10.7 Å². The molecule has 64 heavy (non-hydrogen) atoms. The number of aryl methyl sites for hydroxylation is 1. The van der Waals surface area contributed by atoms with Crippen molar-refractivity contribution in [2.24, 2.45) is 17.3 Å². The van der Waals surface area contributed by atoms with Crippen molar-refractivity contribution in [2.45, 2.75) is 111 Å². The van der Waals surface area contributed by atoms with Gasteiger partial charge in [-0.2, -0.15) is 0 Å². The van der Waals surface area contributed by atoms with Crippen molar-refractivity contribution in [2.75, 3.05) is 40.8 Å². The first-order chi connectivity index (χ1) is 30.6. The van der Waals surface area contributed by atoms with E-state index in [-0.39, 0.29) is 53.2 Å². The van der Waals surface area contributed by atoms with E-state index in [1.807, 2.05) is 45.1 Å². The molecule has 344 valence electrons. The lowest BCUT2D eigenvalue weighted by molar-refractivity contribution is -0.142. The van der Waals surface area contributed by atoms with Crippen molar-refractivity contribution in [3.8, 4) is 22.5 Å². The van der Waals surface area contributed by atoms with Crippen LogP contribution in [0.3, 0.4) is 0 Å². The Morgan fingerprint density at radius 1 is 1.16 bits per heavy atom. The minimum absolute atomic E-state index is 0.0176. The molecule has 6 heterocycles. The third-order valence-electron chi connectivity index (χ3n) is 12.7. The molecule has 0 saturated carbocycles. The molecule has 2 N–H and O–H groups in total. The summed E-state index contributed by atoms with van der Waals surface area (Å²) in [4.78, 5) is 62.7. The number of amides is 3. The Labute approximate surface area is 383 Å². The number of benzene rings is 1. The molecule has 3 aromatic heterocycles. The van der Waals surface area contributed by atoms with Gasteiger partial charge in [-0.15, -0.1) is 11.3 Å². The van der Waals surface area contributed by atoms with Crippen LogP contribution in [0, 0.1) is 17.3 Å². The molecule has 5 atom stereocenters. The Kier molecular flexibility index (Phi) is 16.1. The van der Waals surface area contributed by atoms with E-state index >= 15 is 0 Å². The van der Waals surface area contributed by atoms with E-state index in [0.29, 0.717) is 26.1 Å². The highest BCUT2D eigenvalue weighted by Crippen LogP contribution is 2.42. The van der Waals surface area contributed by atoms with Gasteiger partial charge in [0.2, 0.25) is 11.8 Å². The van der Waals surface area contributed by atoms with E-state index in [2.05, 4.69) is 91.4 Å². The topological polar surface area (TPSA) is 142 Å². The zero-order valence-electron chi connectivity index (χ0n) is 39.2. The molecule has 0 aliphatic carbocycles. The number of fused-ring (bicyclic) bond motifs is 6. The molecule has 14 heteroatoms. The Bertz CT molecular complexity index is 2320. The van der Waals surface area contributed by atoms with Crippen LogP contribution in [0.5, 0.6) is 0 Å². The van der Waals surface area contributed by atoms with Gasteiger partial charge >= 0.3 is 0 Å². The van der Waals surface area contributed by atoms with Crippen molar-refractivity contribution < 1.29 is 23.9 Å². The minimum atomic E-state index is -0.755. The third kappa shape index (κ3) is 11.1. The number of pyridine rings is 1. The number of nitrogens with zero attached hydrogens (tertiary/aromatic N) is 6. The minimum Gasteiger partial charge on any atom is -0.375 e. The number of carbonyl (C=O) groups excluding carboxylic acids is 4. The molecule has 0 spiro atoms. The molecule has 3 amide bonds. The third-order valence-corrected chi connectivity index (χ3v) is 13.6. The fourth-order valence-electron chi connectivity index (χ4n) is 9.38. The van der Waals surface area contributed by atoms with E-state index in [1.165, 1.54) is 39.6 Å². The van der Waals surface area contributed by atoms with Crippen molar-refractivity contribution in [1.82, 2.24) is 40.1 Å². The van der Waals surface area contributed by atoms with Crippen LogP contribution in [-0.4, -0.2) is 112 Å². The summed E-state index contributed by atoms with van der Waals surface area (Å²) < 4.78 is 8.25. The summed E-state index contributed by atoms with van der Waals surface area (Å²) in [6.07, 6.45) is 13.0. The Morgan fingerprint density at radius 3 is 2.61 bits per heavy atom. The van der Waals surface area contributed by atoms with Gasteiger partial charge < -0.3 is 24.3 Å². The van der Waals surface area contributed by atoms with Gasteiger partial charge in [0.25, 0.3) is 5.91 Å². The number of likely N-dealkylation sites (tertiary alicyclic amines) is 1. The second kappa shape index (κ2) is 21.3. The van der Waals surface area contributed by atoms with Gasteiger partial charge in [-0.1, -0.05) is 52.5 Å². The van der Waals surface area contributed by atoms with E-state index in [1.54, 1.807) is 17.0 Å². The van der Waals surface area contributed by atoms with E-state index in [0.717, 1.165) is 72.5 Å². The summed E-state index contributed by atoms with van der Waals surface area (Å²) in [7, 11) is 5.55. The highest BCUT2D eigenvalue weighted by molar-refractivity contribution is 7.10. The first-order valence-electron chi connectivity index (χ1n) is 22.7. The van der Waals surface area contributed by atoms with E-state index in [4.69, 9.17) is 14.7 Å². The molecule has 3 aliphatic heterocycles. The van der Waals surface area contributed by atoms with Gasteiger partial charge in [0.1, 0.15) is 12.3 Å². The summed E-state index contributed by atoms with van der Waals surface area (Å²) in [6, 6.07) is 9.77. The van der Waals surface area contributed by atoms with Gasteiger partial charge in [-0.25, -0.2) is 10.4 Å². The molecule has 0 radical (unpaired) electrons. The van der Waals surface area contributed by atoms with Crippen LogP contribution in [0.15, 0.2) is 66.7 Å². The first-order valence-corrected chi connectivity index (χ1v) is 23.6. The van der Waals surface area contributed by atoms with Crippen LogP contribution in [0.25, 0.3) is 33.4 Å². The molecule has 4 unspecified atom stereocenters. The fraction of sp³-hybridized carbons (Fsp3) is 0.520. The number of carbonyl (C=O) groups is 4. The largest absolute Gasteiger partial charge is 0.375 e. The van der Waals surface area contributed by atoms with Gasteiger partial charge in [-0.3, -0.25) is 29.3 Å². The smallest absolute Gasteiger partial charge is 0.259 e. The molecular formula is C50H68N8O5S. The van der Waals surface area contributed by atoms with E-state index in [9.17, 15) is 19.2 Å². The number of ether oxygens (including phenoxy) is 1.